The van der Waals surface area contributed by atoms with Crippen LogP contribution in [0.25, 0.3) is 0 Å². The number of hydrogen-bond acceptors (Lipinski definition) is 4. The third kappa shape index (κ3) is 6.10. The number of rotatable bonds is 8. The molecule has 5 nitrogen and oxygen atoms in total. The maximum atomic E-state index is 11.9. The standard InChI is InChI=1S/C18H20ClNO4/c1-13(21)12-20-18(22)14-4-2-6-16(10-14)23-8-9-24-17-7-3-5-15(19)11-17/h2-7,10-11,13,21H,8-9,12H2,1H3,(H,20,22). The Labute approximate surface area is 146 Å². The van der Waals surface area contributed by atoms with Crippen molar-refractivity contribution in [1.29, 1.82) is 0 Å². The summed E-state index contributed by atoms with van der Waals surface area (Å²) in [6.45, 7) is 2.52. The molecule has 0 spiro atoms. The van der Waals surface area contributed by atoms with Gasteiger partial charge in [0.2, 0.25) is 0 Å². The Bertz CT molecular complexity index is 676. The summed E-state index contributed by atoms with van der Waals surface area (Å²) in [4.78, 5) is 11.9. The van der Waals surface area contributed by atoms with Crippen LogP contribution in [-0.2, 0) is 0 Å². The van der Waals surface area contributed by atoms with E-state index in [0.29, 0.717) is 35.3 Å². The number of carbonyl (C=O) groups is 1. The van der Waals surface area contributed by atoms with Crippen molar-refractivity contribution in [3.8, 4) is 11.5 Å². The molecule has 0 fully saturated rings. The highest BCUT2D eigenvalue weighted by Crippen LogP contribution is 2.17. The van der Waals surface area contributed by atoms with Crippen LogP contribution in [0, 0.1) is 0 Å². The zero-order valence-corrected chi connectivity index (χ0v) is 14.1. The highest BCUT2D eigenvalue weighted by Gasteiger charge is 2.07. The summed E-state index contributed by atoms with van der Waals surface area (Å²) in [6.07, 6.45) is -0.586. The Kier molecular flexibility index (Phi) is 6.90. The molecule has 1 unspecified atom stereocenters. The SMILES string of the molecule is CC(O)CNC(=O)c1cccc(OCCOc2cccc(Cl)c2)c1. The molecule has 0 radical (unpaired) electrons. The summed E-state index contributed by atoms with van der Waals surface area (Å²) >= 11 is 5.88. The van der Waals surface area contributed by atoms with Crippen molar-refractivity contribution >= 4 is 17.5 Å². The average molecular weight is 350 g/mol. The van der Waals surface area contributed by atoms with Gasteiger partial charge in [-0.25, -0.2) is 0 Å². The van der Waals surface area contributed by atoms with Crippen molar-refractivity contribution in [3.63, 3.8) is 0 Å². The number of halogens is 1. The Balaban J connectivity index is 1.80. The van der Waals surface area contributed by atoms with Gasteiger partial charge in [-0.05, 0) is 43.3 Å². The number of nitrogens with one attached hydrogen (secondary N) is 1. The van der Waals surface area contributed by atoms with Crippen LogP contribution in [-0.4, -0.2) is 36.9 Å². The molecule has 2 aromatic carbocycles. The molecule has 2 aromatic rings. The first-order valence-electron chi connectivity index (χ1n) is 7.62. The smallest absolute Gasteiger partial charge is 0.251 e. The lowest BCUT2D eigenvalue weighted by Crippen LogP contribution is -2.30. The molecule has 128 valence electrons. The van der Waals surface area contributed by atoms with Crippen molar-refractivity contribution in [1.82, 2.24) is 5.32 Å². The number of hydrogen-bond donors (Lipinski definition) is 2. The molecule has 24 heavy (non-hydrogen) atoms. The Morgan fingerprint density at radius 3 is 2.38 bits per heavy atom. The fourth-order valence-electron chi connectivity index (χ4n) is 1.95. The largest absolute Gasteiger partial charge is 0.490 e. The molecule has 0 saturated carbocycles. The fraction of sp³-hybridized carbons (Fsp3) is 0.278. The number of carbonyl (C=O) groups excluding carboxylic acids is 1. The third-order valence-corrected chi connectivity index (χ3v) is 3.31. The molecule has 6 heteroatoms. The molecule has 0 heterocycles. The van der Waals surface area contributed by atoms with E-state index in [0.717, 1.165) is 0 Å². The maximum absolute atomic E-state index is 11.9. The van der Waals surface area contributed by atoms with E-state index < -0.39 is 6.10 Å². The molecule has 0 aliphatic carbocycles. The first-order valence-corrected chi connectivity index (χ1v) is 8.00. The molecule has 0 saturated heterocycles. The zero-order chi connectivity index (χ0) is 17.4. The van der Waals surface area contributed by atoms with Crippen LogP contribution in [0.4, 0.5) is 0 Å². The predicted molar refractivity (Wildman–Crippen MR) is 92.9 cm³/mol. The Morgan fingerprint density at radius 2 is 1.75 bits per heavy atom. The highest BCUT2D eigenvalue weighted by molar-refractivity contribution is 6.30. The van der Waals surface area contributed by atoms with Gasteiger partial charge in [-0.3, -0.25) is 4.79 Å². The second kappa shape index (κ2) is 9.15. The fourth-order valence-corrected chi connectivity index (χ4v) is 2.13. The van der Waals surface area contributed by atoms with Gasteiger partial charge in [0, 0.05) is 17.1 Å². The molecular formula is C18H20ClNO4. The van der Waals surface area contributed by atoms with Gasteiger partial charge in [0.1, 0.15) is 24.7 Å². The minimum absolute atomic E-state index is 0.206. The van der Waals surface area contributed by atoms with Gasteiger partial charge in [-0.1, -0.05) is 23.7 Å². The van der Waals surface area contributed by atoms with Crippen LogP contribution in [0.3, 0.4) is 0 Å². The second-order valence-corrected chi connectivity index (χ2v) is 5.68. The molecule has 0 aliphatic rings. The van der Waals surface area contributed by atoms with Gasteiger partial charge < -0.3 is 19.9 Å². The summed E-state index contributed by atoms with van der Waals surface area (Å²) in [5, 5.41) is 12.4. The van der Waals surface area contributed by atoms with Gasteiger partial charge in [-0.2, -0.15) is 0 Å². The molecule has 1 amide bonds. The van der Waals surface area contributed by atoms with E-state index in [1.54, 1.807) is 43.3 Å². The molecular weight excluding hydrogens is 330 g/mol. The second-order valence-electron chi connectivity index (χ2n) is 5.24. The normalized spacial score (nSPS) is 11.6. The number of aliphatic hydroxyl groups is 1. The van der Waals surface area contributed by atoms with E-state index in [4.69, 9.17) is 21.1 Å². The van der Waals surface area contributed by atoms with E-state index in [2.05, 4.69) is 5.32 Å². The summed E-state index contributed by atoms with van der Waals surface area (Å²) in [5.74, 6) is 1.00. The van der Waals surface area contributed by atoms with Crippen molar-refractivity contribution in [2.45, 2.75) is 13.0 Å². The molecule has 2 N–H and O–H groups in total. The molecule has 0 aromatic heterocycles. The lowest BCUT2D eigenvalue weighted by atomic mass is 10.2. The van der Waals surface area contributed by atoms with Gasteiger partial charge in [0.05, 0.1) is 6.10 Å². The van der Waals surface area contributed by atoms with E-state index in [1.807, 2.05) is 12.1 Å². The zero-order valence-electron chi connectivity index (χ0n) is 13.4. The predicted octanol–water partition coefficient (Wildman–Crippen LogP) is 2.91. The molecule has 0 aliphatic heterocycles. The van der Waals surface area contributed by atoms with Crippen LogP contribution >= 0.6 is 11.6 Å². The van der Waals surface area contributed by atoms with Crippen molar-refractivity contribution in [3.05, 3.63) is 59.1 Å². The van der Waals surface area contributed by atoms with E-state index >= 15 is 0 Å². The highest BCUT2D eigenvalue weighted by atomic mass is 35.5. The van der Waals surface area contributed by atoms with Crippen LogP contribution in [0.5, 0.6) is 11.5 Å². The van der Waals surface area contributed by atoms with Crippen molar-refractivity contribution in [2.24, 2.45) is 0 Å². The lowest BCUT2D eigenvalue weighted by Gasteiger charge is -2.10. The first kappa shape index (κ1) is 18.1. The van der Waals surface area contributed by atoms with E-state index in [9.17, 15) is 9.90 Å². The molecule has 1 atom stereocenters. The lowest BCUT2D eigenvalue weighted by molar-refractivity contribution is 0.0923. The average Bonchev–Trinajstić information content (AvgIpc) is 2.57. The number of amides is 1. The van der Waals surface area contributed by atoms with Gasteiger partial charge in [-0.15, -0.1) is 0 Å². The van der Waals surface area contributed by atoms with Gasteiger partial charge >= 0.3 is 0 Å². The van der Waals surface area contributed by atoms with E-state index in [-0.39, 0.29) is 12.5 Å². The Hall–Kier alpha value is -2.24. The summed E-state index contributed by atoms with van der Waals surface area (Å²) in [6, 6.07) is 14.0. The summed E-state index contributed by atoms with van der Waals surface area (Å²) in [7, 11) is 0. The maximum Gasteiger partial charge on any atom is 0.251 e. The monoisotopic (exact) mass is 349 g/mol. The van der Waals surface area contributed by atoms with Gasteiger partial charge in [0.25, 0.3) is 5.91 Å². The van der Waals surface area contributed by atoms with Crippen LogP contribution in [0.2, 0.25) is 5.02 Å². The number of aliphatic hydroxyl groups excluding tert-OH is 1. The number of ether oxygens (including phenoxy) is 2. The molecule has 0 bridgehead atoms. The van der Waals surface area contributed by atoms with Crippen LogP contribution in [0.15, 0.2) is 48.5 Å². The van der Waals surface area contributed by atoms with Crippen LogP contribution < -0.4 is 14.8 Å². The topological polar surface area (TPSA) is 67.8 Å². The van der Waals surface area contributed by atoms with Crippen molar-refractivity contribution in [2.75, 3.05) is 19.8 Å². The van der Waals surface area contributed by atoms with Crippen molar-refractivity contribution < 1.29 is 19.4 Å². The Morgan fingerprint density at radius 1 is 1.12 bits per heavy atom. The first-order chi connectivity index (χ1) is 11.5. The summed E-state index contributed by atoms with van der Waals surface area (Å²) < 4.78 is 11.1. The minimum Gasteiger partial charge on any atom is -0.490 e. The van der Waals surface area contributed by atoms with Gasteiger partial charge in [0.15, 0.2) is 0 Å². The molecule has 2 rings (SSSR count). The summed E-state index contributed by atoms with van der Waals surface area (Å²) in [5.41, 5.74) is 0.476. The third-order valence-electron chi connectivity index (χ3n) is 3.07. The van der Waals surface area contributed by atoms with Crippen LogP contribution in [0.1, 0.15) is 17.3 Å². The van der Waals surface area contributed by atoms with E-state index in [1.165, 1.54) is 0 Å². The number of benzene rings is 2. The quantitative estimate of drug-likeness (QED) is 0.719. The minimum atomic E-state index is -0.586.